The molecule has 0 amide bonds. The normalized spacial score (nSPS) is 18.9. The maximum absolute atomic E-state index is 13.8. The number of carbonyl (C=O) groups excluding carboxylic acids is 2. The minimum Gasteiger partial charge on any atom is -0.503 e. The number of benzene rings is 3. The second-order valence-electron chi connectivity index (χ2n) is 9.85. The Morgan fingerprint density at radius 3 is 2.41 bits per heavy atom. The molecule has 200 valence electrons. The van der Waals surface area contributed by atoms with Gasteiger partial charge in [-0.05, 0) is 48.1 Å². The number of phenols is 1. The number of aromatic hydroxyl groups is 1. The molecule has 0 radical (unpaired) electrons. The Balaban J connectivity index is 1.52. The molecule has 0 saturated heterocycles. The molecule has 1 heterocycles. The van der Waals surface area contributed by atoms with Gasteiger partial charge in [-0.25, -0.2) is 4.79 Å². The number of halogens is 1. The van der Waals surface area contributed by atoms with Crippen LogP contribution >= 0.6 is 11.6 Å². The van der Waals surface area contributed by atoms with Gasteiger partial charge in [0.2, 0.25) is 0 Å². The first-order chi connectivity index (χ1) is 18.9. The molecule has 6 nitrogen and oxygen atoms in total. The molecule has 0 spiro atoms. The largest absolute Gasteiger partial charge is 0.503 e. The highest BCUT2D eigenvalue weighted by molar-refractivity contribution is 6.32. The second kappa shape index (κ2) is 11.4. The van der Waals surface area contributed by atoms with Crippen molar-refractivity contribution in [2.75, 3.05) is 13.7 Å². The van der Waals surface area contributed by atoms with E-state index in [9.17, 15) is 14.7 Å². The summed E-state index contributed by atoms with van der Waals surface area (Å²) in [6.07, 6.45) is 1.51. The van der Waals surface area contributed by atoms with Gasteiger partial charge in [-0.1, -0.05) is 72.3 Å². The van der Waals surface area contributed by atoms with E-state index >= 15 is 0 Å². The van der Waals surface area contributed by atoms with Gasteiger partial charge in [0.15, 0.2) is 17.3 Å². The maximum Gasteiger partial charge on any atom is 0.336 e. The van der Waals surface area contributed by atoms with Gasteiger partial charge < -0.3 is 19.9 Å². The summed E-state index contributed by atoms with van der Waals surface area (Å²) in [5.41, 5.74) is 5.00. The van der Waals surface area contributed by atoms with E-state index in [4.69, 9.17) is 21.1 Å². The Labute approximate surface area is 232 Å². The number of phenolic OH excluding ortho intramolecular Hbond substituents is 1. The van der Waals surface area contributed by atoms with Crippen LogP contribution in [0.2, 0.25) is 5.02 Å². The highest BCUT2D eigenvalue weighted by atomic mass is 35.5. The van der Waals surface area contributed by atoms with E-state index in [1.807, 2.05) is 67.6 Å². The average Bonchev–Trinajstić information content (AvgIpc) is 2.94. The molecule has 0 saturated carbocycles. The van der Waals surface area contributed by atoms with Gasteiger partial charge in [0, 0.05) is 35.7 Å². The lowest BCUT2D eigenvalue weighted by molar-refractivity contribution is -0.139. The van der Waals surface area contributed by atoms with Crippen LogP contribution in [0.15, 0.2) is 95.3 Å². The number of hydrogen-bond donors (Lipinski definition) is 2. The van der Waals surface area contributed by atoms with Gasteiger partial charge in [0.1, 0.15) is 0 Å². The summed E-state index contributed by atoms with van der Waals surface area (Å²) in [5, 5.41) is 13.8. The molecule has 1 aliphatic heterocycles. The average molecular weight is 544 g/mol. The van der Waals surface area contributed by atoms with Crippen LogP contribution in [0.1, 0.15) is 48.3 Å². The number of Topliss-reactive ketones (excluding diaryl/α,β-unsaturated/α-hetero) is 1. The summed E-state index contributed by atoms with van der Waals surface area (Å²) in [5.74, 6) is -1.28. The number of ether oxygens (including phenoxy) is 2. The van der Waals surface area contributed by atoms with E-state index in [0.29, 0.717) is 41.7 Å². The molecule has 0 aromatic heterocycles. The van der Waals surface area contributed by atoms with Gasteiger partial charge in [-0.3, -0.25) is 4.79 Å². The fraction of sp³-hybridized carbons (Fsp3) is 0.250. The van der Waals surface area contributed by atoms with Crippen molar-refractivity contribution in [2.24, 2.45) is 0 Å². The molecule has 3 aromatic carbocycles. The Morgan fingerprint density at radius 2 is 1.72 bits per heavy atom. The standard InChI is InChI=1S/C32H30ClNO5/c1-19-28(32(37)39-14-13-20-9-5-3-6-10-20)29(23-15-24(33)31(36)27(18-23)38-2)30-25(34-19)16-22(17-26(30)35)21-11-7-4-8-12-21/h3-12,15,18,22,29,34,36H,13-14,16-17H2,1-2H3/t22-,29-/m0/s1. The number of rotatable bonds is 7. The van der Waals surface area contributed by atoms with Crippen LogP contribution < -0.4 is 10.1 Å². The van der Waals surface area contributed by atoms with Crippen molar-refractivity contribution >= 4 is 23.4 Å². The van der Waals surface area contributed by atoms with Crippen molar-refractivity contribution < 1.29 is 24.2 Å². The highest BCUT2D eigenvalue weighted by Crippen LogP contribution is 2.48. The van der Waals surface area contributed by atoms with Crippen molar-refractivity contribution in [2.45, 2.75) is 38.0 Å². The van der Waals surface area contributed by atoms with Gasteiger partial charge in [-0.2, -0.15) is 0 Å². The fourth-order valence-corrected chi connectivity index (χ4v) is 5.72. The summed E-state index contributed by atoms with van der Waals surface area (Å²) in [6.45, 7) is 2.02. The van der Waals surface area contributed by atoms with E-state index < -0.39 is 11.9 Å². The first-order valence-electron chi connectivity index (χ1n) is 12.9. The zero-order valence-electron chi connectivity index (χ0n) is 21.9. The molecule has 1 aliphatic carbocycles. The Bertz CT molecular complexity index is 1460. The van der Waals surface area contributed by atoms with Crippen LogP contribution in [0, 0.1) is 0 Å². The molecule has 0 unspecified atom stereocenters. The van der Waals surface area contributed by atoms with Gasteiger partial charge in [-0.15, -0.1) is 0 Å². The molecule has 2 atom stereocenters. The molecule has 39 heavy (non-hydrogen) atoms. The number of nitrogens with one attached hydrogen (secondary N) is 1. The summed E-state index contributed by atoms with van der Waals surface area (Å²) in [6, 6.07) is 23.0. The van der Waals surface area contributed by atoms with Gasteiger partial charge in [0.25, 0.3) is 0 Å². The monoisotopic (exact) mass is 543 g/mol. The van der Waals surface area contributed by atoms with Crippen molar-refractivity contribution in [3.63, 3.8) is 0 Å². The van der Waals surface area contributed by atoms with E-state index in [1.165, 1.54) is 7.11 Å². The third-order valence-electron chi connectivity index (χ3n) is 7.39. The van der Waals surface area contributed by atoms with Crippen LogP contribution in [-0.4, -0.2) is 30.6 Å². The lowest BCUT2D eigenvalue weighted by Gasteiger charge is -2.37. The molecule has 0 fully saturated rings. The molecule has 5 rings (SSSR count). The smallest absolute Gasteiger partial charge is 0.336 e. The van der Waals surface area contributed by atoms with Crippen LogP contribution in [-0.2, 0) is 20.7 Å². The summed E-state index contributed by atoms with van der Waals surface area (Å²) in [4.78, 5) is 27.4. The maximum atomic E-state index is 13.8. The first-order valence-corrected chi connectivity index (χ1v) is 13.3. The number of carbonyl (C=O) groups is 2. The van der Waals surface area contributed by atoms with Crippen molar-refractivity contribution in [3.05, 3.63) is 117 Å². The topological polar surface area (TPSA) is 84.9 Å². The van der Waals surface area contributed by atoms with E-state index in [1.54, 1.807) is 12.1 Å². The zero-order valence-corrected chi connectivity index (χ0v) is 22.6. The minimum atomic E-state index is -0.721. The fourth-order valence-electron chi connectivity index (χ4n) is 5.50. The number of hydrogen-bond acceptors (Lipinski definition) is 6. The quantitative estimate of drug-likeness (QED) is 0.345. The van der Waals surface area contributed by atoms with E-state index in [2.05, 4.69) is 5.32 Å². The molecular weight excluding hydrogens is 514 g/mol. The molecule has 7 heteroatoms. The van der Waals surface area contributed by atoms with Crippen molar-refractivity contribution in [1.29, 1.82) is 0 Å². The van der Waals surface area contributed by atoms with E-state index in [-0.39, 0.29) is 34.8 Å². The van der Waals surface area contributed by atoms with Gasteiger partial charge in [0.05, 0.1) is 24.3 Å². The minimum absolute atomic E-state index is 0.0238. The summed E-state index contributed by atoms with van der Waals surface area (Å²) in [7, 11) is 1.43. The Hall–Kier alpha value is -4.03. The molecule has 2 aliphatic rings. The third kappa shape index (κ3) is 5.43. The SMILES string of the molecule is COc1cc([C@H]2C(C(=O)OCCc3ccccc3)=C(C)NC3=C2C(=O)C[C@@H](c2ccccc2)C3)cc(Cl)c1O. The number of allylic oxidation sites excluding steroid dienone is 3. The second-order valence-corrected chi connectivity index (χ2v) is 10.3. The first kappa shape index (κ1) is 26.6. The molecule has 0 bridgehead atoms. The molecule has 3 aromatic rings. The number of ketones is 1. The van der Waals surface area contributed by atoms with Crippen LogP contribution in [0.25, 0.3) is 0 Å². The van der Waals surface area contributed by atoms with Crippen molar-refractivity contribution in [1.82, 2.24) is 5.32 Å². The Morgan fingerprint density at radius 1 is 1.03 bits per heavy atom. The van der Waals surface area contributed by atoms with Crippen molar-refractivity contribution in [3.8, 4) is 11.5 Å². The number of esters is 1. The lowest BCUT2D eigenvalue weighted by Crippen LogP contribution is -2.36. The zero-order chi connectivity index (χ0) is 27.5. The predicted octanol–water partition coefficient (Wildman–Crippen LogP) is 6.20. The van der Waals surface area contributed by atoms with Crippen LogP contribution in [0.3, 0.4) is 0 Å². The van der Waals surface area contributed by atoms with E-state index in [0.717, 1.165) is 16.8 Å². The number of methoxy groups -OCH3 is 1. The third-order valence-corrected chi connectivity index (χ3v) is 7.68. The van der Waals surface area contributed by atoms with Crippen LogP contribution in [0.4, 0.5) is 0 Å². The lowest BCUT2D eigenvalue weighted by atomic mass is 9.71. The predicted molar refractivity (Wildman–Crippen MR) is 150 cm³/mol. The summed E-state index contributed by atoms with van der Waals surface area (Å²) >= 11 is 6.37. The molecular formula is C32H30ClNO5. The van der Waals surface area contributed by atoms with Crippen LogP contribution in [0.5, 0.6) is 11.5 Å². The number of dihydropyridines is 1. The highest BCUT2D eigenvalue weighted by Gasteiger charge is 2.42. The summed E-state index contributed by atoms with van der Waals surface area (Å²) < 4.78 is 11.1. The Kier molecular flexibility index (Phi) is 7.75. The molecule has 2 N–H and O–H groups in total. The van der Waals surface area contributed by atoms with Gasteiger partial charge >= 0.3 is 5.97 Å².